The predicted octanol–water partition coefficient (Wildman–Crippen LogP) is 2.05. The van der Waals surface area contributed by atoms with E-state index in [1.165, 1.54) is 0 Å². The average molecular weight is 179 g/mol. The van der Waals surface area contributed by atoms with Crippen LogP contribution >= 0.6 is 0 Å². The highest BCUT2D eigenvalue weighted by molar-refractivity contribution is 5.42. The molecule has 0 fully saturated rings. The first-order valence-electron chi connectivity index (χ1n) is 4.69. The Labute approximate surface area is 79.4 Å². The third kappa shape index (κ3) is 1.97. The molecule has 0 atom stereocenters. The van der Waals surface area contributed by atoms with Crippen LogP contribution in [0.2, 0.25) is 0 Å². The zero-order valence-corrected chi connectivity index (χ0v) is 8.76. The van der Waals surface area contributed by atoms with E-state index in [-0.39, 0.29) is 0 Å². The molecule has 0 spiro atoms. The molecule has 72 valence electrons. The van der Waals surface area contributed by atoms with Crippen LogP contribution in [0, 0.1) is 6.92 Å². The van der Waals surface area contributed by atoms with Gasteiger partial charge in [-0.25, -0.2) is 9.97 Å². The molecular weight excluding hydrogens is 162 g/mol. The summed E-state index contributed by atoms with van der Waals surface area (Å²) in [5.74, 6) is 1.87. The molecule has 0 unspecified atom stereocenters. The van der Waals surface area contributed by atoms with Gasteiger partial charge >= 0.3 is 0 Å². The van der Waals surface area contributed by atoms with E-state index in [0.717, 1.165) is 23.5 Å². The van der Waals surface area contributed by atoms with E-state index in [1.54, 1.807) is 0 Å². The number of aryl methyl sites for hydroxylation is 1. The number of hydrogen-bond donors (Lipinski definition) is 1. The first-order valence-corrected chi connectivity index (χ1v) is 4.69. The maximum atomic E-state index is 5.78. The van der Waals surface area contributed by atoms with E-state index < -0.39 is 0 Å². The zero-order valence-electron chi connectivity index (χ0n) is 8.76. The SMILES string of the molecule is CCc1nc(N)c(C)c(C(C)C)n1. The fourth-order valence-electron chi connectivity index (χ4n) is 1.32. The normalized spacial score (nSPS) is 10.8. The highest BCUT2D eigenvalue weighted by Crippen LogP contribution is 2.20. The molecular formula is C10H17N3. The second-order valence-electron chi connectivity index (χ2n) is 3.54. The third-order valence-corrected chi connectivity index (χ3v) is 2.13. The lowest BCUT2D eigenvalue weighted by Crippen LogP contribution is -2.07. The van der Waals surface area contributed by atoms with Crippen LogP contribution in [-0.2, 0) is 6.42 Å². The monoisotopic (exact) mass is 179 g/mol. The fourth-order valence-corrected chi connectivity index (χ4v) is 1.32. The third-order valence-electron chi connectivity index (χ3n) is 2.13. The van der Waals surface area contributed by atoms with Crippen molar-refractivity contribution in [3.8, 4) is 0 Å². The molecule has 3 nitrogen and oxygen atoms in total. The van der Waals surface area contributed by atoms with E-state index in [2.05, 4.69) is 23.8 Å². The Balaban J connectivity index is 3.25. The zero-order chi connectivity index (χ0) is 10.0. The van der Waals surface area contributed by atoms with Crippen molar-refractivity contribution in [2.24, 2.45) is 0 Å². The van der Waals surface area contributed by atoms with Crippen molar-refractivity contribution in [2.45, 2.75) is 40.0 Å². The van der Waals surface area contributed by atoms with Gasteiger partial charge in [-0.2, -0.15) is 0 Å². The molecule has 1 aromatic heterocycles. The molecule has 0 aliphatic rings. The predicted molar refractivity (Wildman–Crippen MR) is 54.6 cm³/mol. The highest BCUT2D eigenvalue weighted by Gasteiger charge is 2.10. The van der Waals surface area contributed by atoms with Crippen LogP contribution in [0.3, 0.4) is 0 Å². The van der Waals surface area contributed by atoms with E-state index in [4.69, 9.17) is 5.73 Å². The van der Waals surface area contributed by atoms with Crippen molar-refractivity contribution < 1.29 is 0 Å². The molecule has 0 bridgehead atoms. The van der Waals surface area contributed by atoms with Crippen LogP contribution in [-0.4, -0.2) is 9.97 Å². The molecule has 0 saturated heterocycles. The summed E-state index contributed by atoms with van der Waals surface area (Å²) in [5, 5.41) is 0. The van der Waals surface area contributed by atoms with Gasteiger partial charge in [-0.3, -0.25) is 0 Å². The molecule has 0 saturated carbocycles. The Hall–Kier alpha value is -1.12. The molecule has 3 heteroatoms. The molecule has 13 heavy (non-hydrogen) atoms. The van der Waals surface area contributed by atoms with Gasteiger partial charge in [-0.05, 0) is 12.8 Å². The van der Waals surface area contributed by atoms with Crippen LogP contribution in [0.5, 0.6) is 0 Å². The first kappa shape index (κ1) is 9.96. The van der Waals surface area contributed by atoms with Crippen molar-refractivity contribution in [2.75, 3.05) is 5.73 Å². The minimum absolute atomic E-state index is 0.413. The molecule has 1 aromatic rings. The van der Waals surface area contributed by atoms with Gasteiger partial charge in [0.05, 0.1) is 5.69 Å². The topological polar surface area (TPSA) is 51.8 Å². The van der Waals surface area contributed by atoms with Crippen molar-refractivity contribution >= 4 is 5.82 Å². The molecule has 1 rings (SSSR count). The van der Waals surface area contributed by atoms with Crippen molar-refractivity contribution in [1.82, 2.24) is 9.97 Å². The number of nitrogens with two attached hydrogens (primary N) is 1. The minimum atomic E-state index is 0.413. The molecule has 0 aliphatic carbocycles. The summed E-state index contributed by atoms with van der Waals surface area (Å²) in [6.07, 6.45) is 0.837. The van der Waals surface area contributed by atoms with Crippen LogP contribution in [0.1, 0.15) is 43.8 Å². The maximum absolute atomic E-state index is 5.78. The van der Waals surface area contributed by atoms with Crippen LogP contribution in [0.15, 0.2) is 0 Å². The van der Waals surface area contributed by atoms with Gasteiger partial charge in [-0.15, -0.1) is 0 Å². The Morgan fingerprint density at radius 2 is 1.92 bits per heavy atom. The van der Waals surface area contributed by atoms with Gasteiger partial charge in [0.1, 0.15) is 11.6 Å². The second-order valence-corrected chi connectivity index (χ2v) is 3.54. The number of anilines is 1. The number of nitrogens with zero attached hydrogens (tertiary/aromatic N) is 2. The van der Waals surface area contributed by atoms with E-state index in [1.807, 2.05) is 13.8 Å². The summed E-state index contributed by atoms with van der Waals surface area (Å²) in [7, 11) is 0. The van der Waals surface area contributed by atoms with Crippen LogP contribution < -0.4 is 5.73 Å². The lowest BCUT2D eigenvalue weighted by atomic mass is 10.1. The lowest BCUT2D eigenvalue weighted by Gasteiger charge is -2.11. The van der Waals surface area contributed by atoms with Gasteiger partial charge in [0.25, 0.3) is 0 Å². The molecule has 2 N–H and O–H groups in total. The van der Waals surface area contributed by atoms with Crippen molar-refractivity contribution in [3.63, 3.8) is 0 Å². The Bertz CT molecular complexity index is 305. The summed E-state index contributed by atoms with van der Waals surface area (Å²) in [6, 6.07) is 0. The van der Waals surface area contributed by atoms with Gasteiger partial charge in [0, 0.05) is 12.0 Å². The molecule has 0 aliphatic heterocycles. The van der Waals surface area contributed by atoms with E-state index in [9.17, 15) is 0 Å². The lowest BCUT2D eigenvalue weighted by molar-refractivity contribution is 0.777. The quantitative estimate of drug-likeness (QED) is 0.756. The number of nitrogen functional groups attached to an aromatic ring is 1. The summed E-state index contributed by atoms with van der Waals surface area (Å²) in [6.45, 7) is 8.25. The van der Waals surface area contributed by atoms with E-state index >= 15 is 0 Å². The smallest absolute Gasteiger partial charge is 0.130 e. The summed E-state index contributed by atoms with van der Waals surface area (Å²) in [4.78, 5) is 8.66. The van der Waals surface area contributed by atoms with E-state index in [0.29, 0.717) is 11.7 Å². The summed E-state index contributed by atoms with van der Waals surface area (Å²) in [5.41, 5.74) is 7.88. The maximum Gasteiger partial charge on any atom is 0.130 e. The molecule has 1 heterocycles. The standard InChI is InChI=1S/C10H17N3/c1-5-8-12-9(6(2)3)7(4)10(11)13-8/h6H,5H2,1-4H3,(H2,11,12,13). The highest BCUT2D eigenvalue weighted by atomic mass is 15.0. The largest absolute Gasteiger partial charge is 0.383 e. The molecule has 0 radical (unpaired) electrons. The van der Waals surface area contributed by atoms with Gasteiger partial charge in [0.2, 0.25) is 0 Å². The summed E-state index contributed by atoms with van der Waals surface area (Å²) >= 11 is 0. The van der Waals surface area contributed by atoms with Gasteiger partial charge < -0.3 is 5.73 Å². The molecule has 0 amide bonds. The van der Waals surface area contributed by atoms with Gasteiger partial charge in [0.15, 0.2) is 0 Å². The Morgan fingerprint density at radius 1 is 1.31 bits per heavy atom. The Kier molecular flexibility index (Phi) is 2.86. The van der Waals surface area contributed by atoms with Crippen molar-refractivity contribution in [3.05, 3.63) is 17.1 Å². The fraction of sp³-hybridized carbons (Fsp3) is 0.600. The Morgan fingerprint density at radius 3 is 2.38 bits per heavy atom. The molecule has 0 aromatic carbocycles. The first-order chi connectivity index (χ1) is 6.06. The van der Waals surface area contributed by atoms with Crippen molar-refractivity contribution in [1.29, 1.82) is 0 Å². The number of hydrogen-bond acceptors (Lipinski definition) is 3. The van der Waals surface area contributed by atoms with Gasteiger partial charge in [-0.1, -0.05) is 20.8 Å². The second kappa shape index (κ2) is 3.73. The average Bonchev–Trinajstić information content (AvgIpc) is 2.09. The van der Waals surface area contributed by atoms with Crippen LogP contribution in [0.4, 0.5) is 5.82 Å². The minimum Gasteiger partial charge on any atom is -0.383 e. The number of rotatable bonds is 2. The number of aromatic nitrogens is 2. The summed E-state index contributed by atoms with van der Waals surface area (Å²) < 4.78 is 0. The van der Waals surface area contributed by atoms with Crippen LogP contribution in [0.25, 0.3) is 0 Å².